The molecule has 0 fully saturated rings. The number of nitrogens with zero attached hydrogens (tertiary/aromatic N) is 14. The molecule has 8 rings (SSSR count). The summed E-state index contributed by atoms with van der Waals surface area (Å²) >= 11 is 15.0. The number of ether oxygens (including phenoxy) is 1. The molecule has 7 aromatic heterocycles. The average molecular weight is 1130 g/mol. The van der Waals surface area contributed by atoms with E-state index in [1.165, 1.54) is 33.9 Å². The summed E-state index contributed by atoms with van der Waals surface area (Å²) in [4.78, 5) is 4.05. The van der Waals surface area contributed by atoms with Crippen LogP contribution in [0.15, 0.2) is 32.5 Å². The third kappa shape index (κ3) is 19.7. The average Bonchev–Trinajstić information content (AvgIpc) is 4.18. The van der Waals surface area contributed by atoms with Crippen LogP contribution in [0, 0.1) is 117 Å². The molecule has 22 heteroatoms. The van der Waals surface area contributed by atoms with Gasteiger partial charge in [-0.25, -0.2) is 4.68 Å². The van der Waals surface area contributed by atoms with E-state index in [0.717, 1.165) is 65.4 Å². The molecular weight excluding hydrogens is 1050 g/mol. The van der Waals surface area contributed by atoms with Crippen LogP contribution in [0.4, 0.5) is 8.78 Å². The predicted octanol–water partition coefficient (Wildman–Crippen LogP) is 13.1. The fraction of sp³-hybridized carbons (Fsp3) is 0.520. The summed E-state index contributed by atoms with van der Waals surface area (Å²) < 4.78 is 44.8. The Labute approximate surface area is 450 Å². The Morgan fingerprint density at radius 2 is 1.06 bits per heavy atom. The van der Waals surface area contributed by atoms with Gasteiger partial charge in [0.05, 0.1) is 52.0 Å². The van der Waals surface area contributed by atoms with Gasteiger partial charge >= 0.3 is 6.55 Å². The fourth-order valence-electron chi connectivity index (χ4n) is 5.73. The second kappa shape index (κ2) is 30.8. The first-order chi connectivity index (χ1) is 32.8. The van der Waals surface area contributed by atoms with Gasteiger partial charge in [0, 0.05) is 87.0 Å². The van der Waals surface area contributed by atoms with Crippen molar-refractivity contribution in [3.63, 3.8) is 0 Å². The standard InChI is InChI=1S/C7H10F2N2.C7H12N2.C6H9BrN2.C6H9ClN2O.C6H9ClN2.C6H10N2.C6H9NO.C6H9N.ClH/c1-4-5(2)10-11(6(4)3)7(8)9;1-5-6(2)8-9(4)7(5)3;1-4-5(2)9(3)8-6(4)7;1-4-5(7)6(10-3)8-9(4)2;1-4-6(7)5(2)9(3)8-4;1-5-4-6(2)8(3)7-5;1-4-5(2)7-8-6(4)3;1-5-3-4-7-6(5)2;/h7H,1-3H3;1-4H3;1-3H3;1-3H3;1-3H3;4H,1-3H3;1-3H3;3-5H,1-2H3;1H. The number of rotatable bonds is 2. The lowest BCUT2D eigenvalue weighted by atomic mass is 10.1. The molecule has 0 saturated heterocycles. The molecule has 1 atom stereocenters. The highest BCUT2D eigenvalue weighted by Crippen LogP contribution is 2.25. The molecule has 0 aromatic carbocycles. The van der Waals surface area contributed by atoms with Crippen molar-refractivity contribution in [1.82, 2.24) is 63.8 Å². The van der Waals surface area contributed by atoms with E-state index >= 15 is 0 Å². The quantitative estimate of drug-likeness (QED) is 0.164. The number of alkyl halides is 2. The Kier molecular flexibility index (Phi) is 28.6. The second-order valence-electron chi connectivity index (χ2n) is 17.1. The van der Waals surface area contributed by atoms with Gasteiger partial charge in [-0.2, -0.15) is 34.3 Å². The van der Waals surface area contributed by atoms with Gasteiger partial charge in [-0.1, -0.05) is 41.4 Å². The fourth-order valence-corrected chi connectivity index (χ4v) is 6.66. The van der Waals surface area contributed by atoms with Crippen molar-refractivity contribution >= 4 is 57.3 Å². The minimum atomic E-state index is -2.53. The highest BCUT2D eigenvalue weighted by Gasteiger charge is 2.14. The molecular formula is C50H78BrCl3F2N14O2. The molecule has 0 bridgehead atoms. The first kappa shape index (κ1) is 66.9. The van der Waals surface area contributed by atoms with Crippen LogP contribution in [0.3, 0.4) is 0 Å². The van der Waals surface area contributed by atoms with Crippen LogP contribution in [-0.4, -0.2) is 76.7 Å². The maximum absolute atomic E-state index is 12.1. The lowest BCUT2D eigenvalue weighted by molar-refractivity contribution is 0.0540. The number of methoxy groups -OCH3 is 1. The maximum atomic E-state index is 12.1. The molecule has 1 unspecified atom stereocenters. The summed E-state index contributed by atoms with van der Waals surface area (Å²) in [5, 5.41) is 29.4. The minimum absolute atomic E-state index is 0. The molecule has 0 aliphatic carbocycles. The van der Waals surface area contributed by atoms with Crippen molar-refractivity contribution < 1.29 is 18.0 Å². The molecule has 0 spiro atoms. The SMILES string of the molecule is CC1=NC=CC1C.COc1nn(C)c(C)c1Cl.Cc1c(Br)nn(C)c1C.Cc1cc(C)n(C)n1.Cc1nn(C(F)F)c(C)c1C.Cc1nn(C)c(C)c1C.Cc1nn(C)c(C)c1Cl.Cc1noc(C)c1C.Cl. The largest absolute Gasteiger partial charge is 0.479 e. The van der Waals surface area contributed by atoms with Crippen molar-refractivity contribution in [3.05, 3.63) is 124 Å². The van der Waals surface area contributed by atoms with Crippen LogP contribution >= 0.6 is 51.5 Å². The minimum Gasteiger partial charge on any atom is -0.479 e. The molecule has 0 N–H and O–H groups in total. The lowest BCUT2D eigenvalue weighted by Crippen LogP contribution is -2.02. The van der Waals surface area contributed by atoms with E-state index < -0.39 is 6.55 Å². The van der Waals surface area contributed by atoms with Crippen molar-refractivity contribution in [2.45, 2.75) is 131 Å². The zero-order valence-corrected chi connectivity index (χ0v) is 50.7. The smallest absolute Gasteiger partial charge is 0.333 e. The lowest BCUT2D eigenvalue weighted by Gasteiger charge is -2.00. The zero-order chi connectivity index (χ0) is 54.9. The van der Waals surface area contributed by atoms with E-state index in [-0.39, 0.29) is 12.4 Å². The Morgan fingerprint density at radius 1 is 0.583 bits per heavy atom. The molecule has 0 amide bonds. The first-order valence-corrected chi connectivity index (χ1v) is 24.2. The van der Waals surface area contributed by atoms with Gasteiger partial charge in [-0.05, 0) is 151 Å². The van der Waals surface area contributed by atoms with E-state index in [2.05, 4.69) is 89.6 Å². The van der Waals surface area contributed by atoms with Crippen LogP contribution < -0.4 is 4.74 Å². The Morgan fingerprint density at radius 3 is 1.19 bits per heavy atom. The van der Waals surface area contributed by atoms with Gasteiger partial charge in [0.15, 0.2) is 0 Å². The molecule has 1 aliphatic rings. The number of aromatic nitrogens is 13. The third-order valence-electron chi connectivity index (χ3n) is 12.1. The van der Waals surface area contributed by atoms with Gasteiger partial charge in [0.2, 0.25) is 0 Å². The maximum Gasteiger partial charge on any atom is 0.333 e. The normalized spacial score (nSPS) is 11.9. The zero-order valence-electron chi connectivity index (χ0n) is 46.8. The van der Waals surface area contributed by atoms with Crippen molar-refractivity contribution in [1.29, 1.82) is 0 Å². The highest BCUT2D eigenvalue weighted by molar-refractivity contribution is 9.10. The van der Waals surface area contributed by atoms with Gasteiger partial charge in [-0.15, -0.1) is 17.5 Å². The van der Waals surface area contributed by atoms with E-state index in [4.69, 9.17) is 32.5 Å². The summed E-state index contributed by atoms with van der Waals surface area (Å²) in [5.41, 5.74) is 16.7. The van der Waals surface area contributed by atoms with Crippen LogP contribution in [0.25, 0.3) is 0 Å². The first-order valence-electron chi connectivity index (χ1n) is 22.7. The summed E-state index contributed by atoms with van der Waals surface area (Å²) in [6.07, 6.45) is 3.95. The molecule has 0 saturated carbocycles. The van der Waals surface area contributed by atoms with Crippen LogP contribution in [-0.2, 0) is 35.2 Å². The van der Waals surface area contributed by atoms with Gasteiger partial charge in [-0.3, -0.25) is 28.4 Å². The van der Waals surface area contributed by atoms with E-state index in [1.54, 1.807) is 37.2 Å². The number of hydrogen-bond donors (Lipinski definition) is 0. The van der Waals surface area contributed by atoms with Gasteiger partial charge in [0.25, 0.3) is 5.88 Å². The Bertz CT molecular complexity index is 2620. The highest BCUT2D eigenvalue weighted by atomic mass is 79.9. The summed E-state index contributed by atoms with van der Waals surface area (Å²) in [6, 6.07) is 2.06. The van der Waals surface area contributed by atoms with E-state index in [0.29, 0.717) is 28.2 Å². The monoisotopic (exact) mass is 1130 g/mol. The Balaban J connectivity index is 0.000000801. The molecule has 8 heterocycles. The molecule has 7 aromatic rings. The number of halogens is 6. The Hall–Kier alpha value is -5.11. The van der Waals surface area contributed by atoms with Gasteiger partial charge < -0.3 is 9.26 Å². The number of allylic oxidation sites excluding steroid dienone is 1. The molecule has 1 aliphatic heterocycles. The van der Waals surface area contributed by atoms with Crippen molar-refractivity contribution in [2.24, 2.45) is 46.1 Å². The number of hydrogen-bond acceptors (Lipinski definition) is 10. The van der Waals surface area contributed by atoms with Crippen LogP contribution in [0.5, 0.6) is 5.88 Å². The van der Waals surface area contributed by atoms with E-state index in [9.17, 15) is 8.78 Å². The number of aryl methyl sites for hydroxylation is 12. The predicted molar refractivity (Wildman–Crippen MR) is 295 cm³/mol. The van der Waals surface area contributed by atoms with Crippen LogP contribution in [0.2, 0.25) is 10.0 Å². The van der Waals surface area contributed by atoms with E-state index in [1.807, 2.05) is 139 Å². The molecule has 16 nitrogen and oxygen atoms in total. The summed E-state index contributed by atoms with van der Waals surface area (Å²) in [6.45, 7) is 32.7. The molecule has 72 heavy (non-hydrogen) atoms. The molecule has 0 radical (unpaired) electrons. The summed E-state index contributed by atoms with van der Waals surface area (Å²) in [7, 11) is 11.1. The van der Waals surface area contributed by atoms with Crippen molar-refractivity contribution in [2.75, 3.05) is 7.11 Å². The van der Waals surface area contributed by atoms with Crippen LogP contribution in [0.1, 0.15) is 111 Å². The van der Waals surface area contributed by atoms with Gasteiger partial charge in [0.1, 0.15) is 15.4 Å². The summed E-state index contributed by atoms with van der Waals surface area (Å²) in [5.74, 6) is 1.99. The molecule has 402 valence electrons. The number of aliphatic imine (C=N–C) groups is 1. The topological polar surface area (TPSA) is 155 Å². The third-order valence-corrected chi connectivity index (χ3v) is 13.8. The van der Waals surface area contributed by atoms with Crippen molar-refractivity contribution in [3.8, 4) is 5.88 Å². The second-order valence-corrected chi connectivity index (χ2v) is 18.6.